The Morgan fingerprint density at radius 2 is 2.00 bits per heavy atom. The van der Waals surface area contributed by atoms with Crippen LogP contribution < -0.4 is 11.1 Å². The van der Waals surface area contributed by atoms with Crippen molar-refractivity contribution in [2.45, 2.75) is 12.5 Å². The predicted molar refractivity (Wildman–Crippen MR) is 62.1 cm³/mol. The molecule has 0 bridgehead atoms. The molecule has 0 saturated heterocycles. The molecular formula is C10H15ClN2O2. The van der Waals surface area contributed by atoms with Crippen LogP contribution in [0.2, 0.25) is 5.02 Å². The molecule has 0 atom stereocenters. The topological polar surface area (TPSA) is 78.5 Å². The quantitative estimate of drug-likeness (QED) is 0.584. The van der Waals surface area contributed by atoms with Gasteiger partial charge >= 0.3 is 0 Å². The summed E-state index contributed by atoms with van der Waals surface area (Å²) in [6, 6.07) is 5.12. The van der Waals surface area contributed by atoms with Gasteiger partial charge in [0.15, 0.2) is 0 Å². The van der Waals surface area contributed by atoms with Crippen LogP contribution in [0.1, 0.15) is 6.92 Å². The molecule has 0 spiro atoms. The lowest BCUT2D eigenvalue weighted by atomic mass is 10.0. The highest BCUT2D eigenvalue weighted by molar-refractivity contribution is 6.33. The van der Waals surface area contributed by atoms with Gasteiger partial charge in [0, 0.05) is 0 Å². The molecule has 5 N–H and O–H groups in total. The Bertz CT molecular complexity index is 320. The molecule has 4 nitrogen and oxygen atoms in total. The van der Waals surface area contributed by atoms with Crippen LogP contribution in [0.15, 0.2) is 18.2 Å². The minimum Gasteiger partial charge on any atom is -0.397 e. The summed E-state index contributed by atoms with van der Waals surface area (Å²) in [4.78, 5) is 0. The van der Waals surface area contributed by atoms with Gasteiger partial charge in [-0.25, -0.2) is 0 Å². The van der Waals surface area contributed by atoms with Crippen molar-refractivity contribution in [1.29, 1.82) is 0 Å². The van der Waals surface area contributed by atoms with Gasteiger partial charge in [-0.3, -0.25) is 0 Å². The summed E-state index contributed by atoms with van der Waals surface area (Å²) in [5, 5.41) is 21.6. The van der Waals surface area contributed by atoms with Gasteiger partial charge in [0.2, 0.25) is 0 Å². The van der Waals surface area contributed by atoms with Gasteiger partial charge in [-0.15, -0.1) is 0 Å². The van der Waals surface area contributed by atoms with Gasteiger partial charge in [0.1, 0.15) is 0 Å². The summed E-state index contributed by atoms with van der Waals surface area (Å²) in [7, 11) is 0. The fraction of sp³-hybridized carbons (Fsp3) is 0.400. The fourth-order valence-corrected chi connectivity index (χ4v) is 1.33. The summed E-state index contributed by atoms with van der Waals surface area (Å²) in [6.45, 7) is 1.25. The number of nitrogen functional groups attached to an aromatic ring is 1. The van der Waals surface area contributed by atoms with Gasteiger partial charge < -0.3 is 21.3 Å². The lowest BCUT2D eigenvalue weighted by Gasteiger charge is -2.28. The van der Waals surface area contributed by atoms with E-state index in [4.69, 9.17) is 27.5 Å². The van der Waals surface area contributed by atoms with Gasteiger partial charge in [0.25, 0.3) is 0 Å². The van der Waals surface area contributed by atoms with Gasteiger partial charge in [-0.05, 0) is 19.1 Å². The van der Waals surface area contributed by atoms with Gasteiger partial charge in [0.05, 0.1) is 35.2 Å². The first-order valence-corrected chi connectivity index (χ1v) is 4.94. The molecule has 0 unspecified atom stereocenters. The highest BCUT2D eigenvalue weighted by Crippen LogP contribution is 2.30. The summed E-state index contributed by atoms with van der Waals surface area (Å²) < 4.78 is 0. The van der Waals surface area contributed by atoms with Crippen LogP contribution in [0.5, 0.6) is 0 Å². The lowest BCUT2D eigenvalue weighted by Crippen LogP contribution is -2.42. The van der Waals surface area contributed by atoms with Crippen LogP contribution in [0.3, 0.4) is 0 Å². The number of anilines is 2. The van der Waals surface area contributed by atoms with Gasteiger partial charge in [-0.2, -0.15) is 0 Å². The molecular weight excluding hydrogens is 216 g/mol. The van der Waals surface area contributed by atoms with Crippen molar-refractivity contribution in [3.05, 3.63) is 23.2 Å². The molecule has 0 aliphatic heterocycles. The first kappa shape index (κ1) is 12.1. The van der Waals surface area contributed by atoms with Crippen molar-refractivity contribution in [1.82, 2.24) is 0 Å². The molecule has 0 saturated carbocycles. The Hall–Kier alpha value is -0.970. The van der Waals surface area contributed by atoms with Crippen LogP contribution in [0.25, 0.3) is 0 Å². The van der Waals surface area contributed by atoms with E-state index in [9.17, 15) is 0 Å². The molecule has 0 aliphatic carbocycles. The number of aliphatic hydroxyl groups is 2. The number of para-hydroxylation sites is 1. The third kappa shape index (κ3) is 2.75. The van der Waals surface area contributed by atoms with Crippen LogP contribution in [0.4, 0.5) is 11.4 Å². The Morgan fingerprint density at radius 1 is 1.40 bits per heavy atom. The summed E-state index contributed by atoms with van der Waals surface area (Å²) in [5.74, 6) is 0. The number of rotatable bonds is 4. The second-order valence-electron chi connectivity index (χ2n) is 3.71. The van der Waals surface area contributed by atoms with E-state index in [1.807, 2.05) is 0 Å². The minimum atomic E-state index is -0.834. The molecule has 0 aromatic heterocycles. The number of nitrogens with one attached hydrogen (secondary N) is 1. The molecule has 0 fully saturated rings. The first-order chi connectivity index (χ1) is 7.02. The average Bonchev–Trinajstić information content (AvgIpc) is 2.23. The van der Waals surface area contributed by atoms with Crippen molar-refractivity contribution in [2.24, 2.45) is 0 Å². The van der Waals surface area contributed by atoms with Crippen molar-refractivity contribution < 1.29 is 10.2 Å². The Labute approximate surface area is 93.7 Å². The molecule has 5 heteroatoms. The summed E-state index contributed by atoms with van der Waals surface area (Å²) >= 11 is 5.94. The number of benzene rings is 1. The second-order valence-corrected chi connectivity index (χ2v) is 4.11. The number of hydrogen-bond donors (Lipinski definition) is 4. The molecule has 0 aliphatic rings. The van der Waals surface area contributed by atoms with E-state index in [2.05, 4.69) is 5.32 Å². The first-order valence-electron chi connectivity index (χ1n) is 4.56. The maximum absolute atomic E-state index is 9.12. The Balaban J connectivity index is 2.98. The van der Waals surface area contributed by atoms with Crippen molar-refractivity contribution in [3.63, 3.8) is 0 Å². The highest BCUT2D eigenvalue weighted by atomic mass is 35.5. The number of halogens is 1. The highest BCUT2D eigenvalue weighted by Gasteiger charge is 2.23. The maximum Gasteiger partial charge on any atom is 0.0807 e. The molecule has 0 heterocycles. The van der Waals surface area contributed by atoms with Gasteiger partial charge in [-0.1, -0.05) is 17.7 Å². The third-order valence-corrected chi connectivity index (χ3v) is 2.49. The monoisotopic (exact) mass is 230 g/mol. The average molecular weight is 231 g/mol. The molecule has 0 radical (unpaired) electrons. The zero-order valence-corrected chi connectivity index (χ0v) is 9.25. The summed E-state index contributed by atoms with van der Waals surface area (Å²) in [5.41, 5.74) is 5.91. The van der Waals surface area contributed by atoms with E-state index >= 15 is 0 Å². The van der Waals surface area contributed by atoms with E-state index in [1.165, 1.54) is 0 Å². The van der Waals surface area contributed by atoms with E-state index in [-0.39, 0.29) is 13.2 Å². The number of aliphatic hydroxyl groups excluding tert-OH is 2. The summed E-state index contributed by atoms with van der Waals surface area (Å²) in [6.07, 6.45) is 0. The second kappa shape index (κ2) is 4.70. The Kier molecular flexibility index (Phi) is 3.79. The third-order valence-electron chi connectivity index (χ3n) is 2.17. The van der Waals surface area contributed by atoms with Crippen molar-refractivity contribution in [3.8, 4) is 0 Å². The fourth-order valence-electron chi connectivity index (χ4n) is 1.10. The van der Waals surface area contributed by atoms with E-state index in [0.717, 1.165) is 0 Å². The molecule has 0 amide bonds. The standard InChI is InChI=1S/C10H15ClN2O2/c1-10(5-14,6-15)13-9-7(11)3-2-4-8(9)12/h2-4,13-15H,5-6,12H2,1H3. The van der Waals surface area contributed by atoms with E-state index < -0.39 is 5.54 Å². The predicted octanol–water partition coefficient (Wildman–Crippen LogP) is 1.08. The molecule has 1 aromatic carbocycles. The van der Waals surface area contributed by atoms with Crippen LogP contribution in [-0.4, -0.2) is 29.0 Å². The van der Waals surface area contributed by atoms with E-state index in [1.54, 1.807) is 25.1 Å². The smallest absolute Gasteiger partial charge is 0.0807 e. The minimum absolute atomic E-state index is 0.214. The normalized spacial score (nSPS) is 11.5. The molecule has 15 heavy (non-hydrogen) atoms. The largest absolute Gasteiger partial charge is 0.397 e. The van der Waals surface area contributed by atoms with Crippen LogP contribution in [0, 0.1) is 0 Å². The van der Waals surface area contributed by atoms with Crippen molar-refractivity contribution >= 4 is 23.0 Å². The number of hydrogen-bond acceptors (Lipinski definition) is 4. The lowest BCUT2D eigenvalue weighted by molar-refractivity contribution is 0.147. The molecule has 84 valence electrons. The maximum atomic E-state index is 9.12. The molecule has 1 rings (SSSR count). The van der Waals surface area contributed by atoms with Crippen LogP contribution >= 0.6 is 11.6 Å². The number of nitrogens with two attached hydrogens (primary N) is 1. The Morgan fingerprint density at radius 3 is 2.47 bits per heavy atom. The zero-order chi connectivity index (χ0) is 11.5. The van der Waals surface area contributed by atoms with E-state index in [0.29, 0.717) is 16.4 Å². The van der Waals surface area contributed by atoms with Crippen molar-refractivity contribution in [2.75, 3.05) is 24.3 Å². The SMILES string of the molecule is CC(CO)(CO)Nc1c(N)cccc1Cl. The van der Waals surface area contributed by atoms with Crippen LogP contribution in [-0.2, 0) is 0 Å². The zero-order valence-electron chi connectivity index (χ0n) is 8.50. The molecule has 1 aromatic rings.